The molecule has 2 aromatic heterocycles. The van der Waals surface area contributed by atoms with Crippen LogP contribution in [0.3, 0.4) is 0 Å². The summed E-state index contributed by atoms with van der Waals surface area (Å²) in [5.74, 6) is 1.13. The Morgan fingerprint density at radius 3 is 2.55 bits per heavy atom. The molecule has 0 saturated carbocycles. The molecule has 5 heterocycles. The minimum atomic E-state index is -0.197. The van der Waals surface area contributed by atoms with Crippen LogP contribution < -0.4 is 4.90 Å². The number of carbonyl (C=O) groups excluding carboxylic acids is 2. The molecule has 0 radical (unpaired) electrons. The Bertz CT molecular complexity index is 913. The SMILES string of the molecule is CN1C(=O)[C@H]2CN(c3ncccn3)C[C@H]2C12CCN(C(=O)c1cccnc1)CC2. The van der Waals surface area contributed by atoms with Gasteiger partial charge in [0.15, 0.2) is 0 Å². The van der Waals surface area contributed by atoms with E-state index in [1.807, 2.05) is 16.8 Å². The van der Waals surface area contributed by atoms with Crippen LogP contribution in [0.4, 0.5) is 5.95 Å². The van der Waals surface area contributed by atoms with Gasteiger partial charge in [0.1, 0.15) is 0 Å². The van der Waals surface area contributed by atoms with Gasteiger partial charge in [-0.25, -0.2) is 9.97 Å². The summed E-state index contributed by atoms with van der Waals surface area (Å²) in [5.41, 5.74) is 0.419. The van der Waals surface area contributed by atoms with E-state index in [4.69, 9.17) is 0 Å². The van der Waals surface area contributed by atoms with E-state index in [9.17, 15) is 9.59 Å². The number of hydrogen-bond donors (Lipinski definition) is 0. The van der Waals surface area contributed by atoms with Gasteiger partial charge >= 0.3 is 0 Å². The van der Waals surface area contributed by atoms with Gasteiger partial charge in [0.25, 0.3) is 5.91 Å². The smallest absolute Gasteiger partial charge is 0.255 e. The second-order valence-electron chi connectivity index (χ2n) is 8.20. The van der Waals surface area contributed by atoms with E-state index >= 15 is 0 Å². The highest BCUT2D eigenvalue weighted by molar-refractivity contribution is 5.94. The van der Waals surface area contributed by atoms with Crippen molar-refractivity contribution in [3.05, 3.63) is 48.5 Å². The number of piperidine rings is 1. The number of rotatable bonds is 2. The molecular formula is C21H24N6O2. The normalized spacial score (nSPS) is 25.6. The molecule has 0 aliphatic carbocycles. The second-order valence-corrected chi connectivity index (χ2v) is 8.20. The standard InChI is InChI=1S/C21H24N6O2/c1-25-19(29)16-13-27(20-23-8-3-9-24-20)14-17(16)21(25)5-10-26(11-6-21)18(28)15-4-2-7-22-12-15/h2-4,7-9,12,16-17H,5-6,10-11,13-14H2,1H3/t16-,17+/m0/s1. The molecule has 3 saturated heterocycles. The number of amides is 2. The lowest BCUT2D eigenvalue weighted by Crippen LogP contribution is -2.56. The second kappa shape index (κ2) is 6.79. The van der Waals surface area contributed by atoms with Crippen molar-refractivity contribution in [1.29, 1.82) is 0 Å². The van der Waals surface area contributed by atoms with Gasteiger partial charge in [-0.2, -0.15) is 0 Å². The molecule has 150 valence electrons. The van der Waals surface area contributed by atoms with Crippen LogP contribution in [-0.4, -0.2) is 75.3 Å². The molecule has 1 spiro atoms. The zero-order chi connectivity index (χ0) is 20.0. The number of fused-ring (bicyclic) bond motifs is 2. The number of anilines is 1. The topological polar surface area (TPSA) is 82.5 Å². The average Bonchev–Trinajstić information content (AvgIpc) is 3.31. The molecule has 2 amide bonds. The van der Waals surface area contributed by atoms with Crippen LogP contribution in [0.5, 0.6) is 0 Å². The van der Waals surface area contributed by atoms with E-state index in [2.05, 4.69) is 19.9 Å². The van der Waals surface area contributed by atoms with Gasteiger partial charge in [0, 0.05) is 63.9 Å². The number of hydrogen-bond acceptors (Lipinski definition) is 6. The predicted octanol–water partition coefficient (Wildman–Crippen LogP) is 1.07. The van der Waals surface area contributed by atoms with Gasteiger partial charge in [0.05, 0.1) is 17.0 Å². The molecule has 29 heavy (non-hydrogen) atoms. The van der Waals surface area contributed by atoms with Crippen molar-refractivity contribution in [3.63, 3.8) is 0 Å². The number of aromatic nitrogens is 3. The van der Waals surface area contributed by atoms with E-state index in [0.717, 1.165) is 19.4 Å². The van der Waals surface area contributed by atoms with Crippen LogP contribution in [0, 0.1) is 11.8 Å². The third-order valence-corrected chi connectivity index (χ3v) is 6.99. The fourth-order valence-electron chi connectivity index (χ4n) is 5.41. The van der Waals surface area contributed by atoms with Gasteiger partial charge < -0.3 is 14.7 Å². The van der Waals surface area contributed by atoms with Crippen LogP contribution in [0.1, 0.15) is 23.2 Å². The molecule has 3 aliphatic heterocycles. The van der Waals surface area contributed by atoms with Gasteiger partial charge in [-0.3, -0.25) is 14.6 Å². The third-order valence-electron chi connectivity index (χ3n) is 6.99. The van der Waals surface area contributed by atoms with E-state index in [0.29, 0.717) is 31.1 Å². The van der Waals surface area contributed by atoms with E-state index < -0.39 is 0 Å². The lowest BCUT2D eigenvalue weighted by Gasteiger charge is -2.46. The maximum absolute atomic E-state index is 13.0. The summed E-state index contributed by atoms with van der Waals surface area (Å²) in [4.78, 5) is 44.6. The van der Waals surface area contributed by atoms with Crippen molar-refractivity contribution < 1.29 is 9.59 Å². The number of likely N-dealkylation sites (tertiary alicyclic amines) is 2. The zero-order valence-electron chi connectivity index (χ0n) is 16.4. The average molecular weight is 392 g/mol. The van der Waals surface area contributed by atoms with Crippen molar-refractivity contribution in [2.75, 3.05) is 38.1 Å². The highest BCUT2D eigenvalue weighted by Gasteiger charge is 2.60. The summed E-state index contributed by atoms with van der Waals surface area (Å²) < 4.78 is 0. The quantitative estimate of drug-likeness (QED) is 0.760. The van der Waals surface area contributed by atoms with Crippen LogP contribution in [0.25, 0.3) is 0 Å². The van der Waals surface area contributed by atoms with Gasteiger partial charge in [-0.05, 0) is 31.0 Å². The molecule has 2 aromatic rings. The largest absolute Gasteiger partial charge is 0.340 e. The minimum Gasteiger partial charge on any atom is -0.340 e. The first-order chi connectivity index (χ1) is 14.1. The zero-order valence-corrected chi connectivity index (χ0v) is 16.4. The molecule has 3 fully saturated rings. The molecule has 8 nitrogen and oxygen atoms in total. The van der Waals surface area contributed by atoms with Crippen molar-refractivity contribution in [2.24, 2.45) is 11.8 Å². The Morgan fingerprint density at radius 2 is 1.86 bits per heavy atom. The van der Waals surface area contributed by atoms with Crippen molar-refractivity contribution in [1.82, 2.24) is 24.8 Å². The molecule has 3 aliphatic rings. The van der Waals surface area contributed by atoms with Crippen LogP contribution in [-0.2, 0) is 4.79 Å². The fraction of sp³-hybridized carbons (Fsp3) is 0.476. The van der Waals surface area contributed by atoms with Crippen molar-refractivity contribution in [2.45, 2.75) is 18.4 Å². The Labute approximate surface area is 169 Å². The maximum atomic E-state index is 13.0. The Kier molecular flexibility index (Phi) is 4.22. The Balaban J connectivity index is 1.34. The molecule has 0 unspecified atom stereocenters. The number of carbonyl (C=O) groups is 2. The Morgan fingerprint density at radius 1 is 1.10 bits per heavy atom. The molecular weight excluding hydrogens is 368 g/mol. The van der Waals surface area contributed by atoms with Crippen LogP contribution >= 0.6 is 0 Å². The van der Waals surface area contributed by atoms with Crippen molar-refractivity contribution >= 4 is 17.8 Å². The summed E-state index contributed by atoms with van der Waals surface area (Å²) in [6, 6.07) is 5.39. The Hall–Kier alpha value is -3.03. The maximum Gasteiger partial charge on any atom is 0.255 e. The monoisotopic (exact) mass is 392 g/mol. The van der Waals surface area contributed by atoms with E-state index in [1.165, 1.54) is 0 Å². The van der Waals surface area contributed by atoms with Crippen molar-refractivity contribution in [3.8, 4) is 0 Å². The predicted molar refractivity (Wildman–Crippen MR) is 106 cm³/mol. The molecule has 2 atom stereocenters. The minimum absolute atomic E-state index is 0.0159. The van der Waals surface area contributed by atoms with E-state index in [-0.39, 0.29) is 29.2 Å². The van der Waals surface area contributed by atoms with E-state index in [1.54, 1.807) is 43.0 Å². The lowest BCUT2D eigenvalue weighted by atomic mass is 9.75. The fourth-order valence-corrected chi connectivity index (χ4v) is 5.41. The summed E-state index contributed by atoms with van der Waals surface area (Å²) >= 11 is 0. The summed E-state index contributed by atoms with van der Waals surface area (Å²) in [7, 11) is 1.93. The first-order valence-electron chi connectivity index (χ1n) is 10.1. The first kappa shape index (κ1) is 18.0. The van der Waals surface area contributed by atoms with Gasteiger partial charge in [0.2, 0.25) is 11.9 Å². The molecule has 0 aromatic carbocycles. The summed E-state index contributed by atoms with van der Waals surface area (Å²) in [5, 5.41) is 0. The molecule has 8 heteroatoms. The van der Waals surface area contributed by atoms with Crippen LogP contribution in [0.15, 0.2) is 43.0 Å². The van der Waals surface area contributed by atoms with Gasteiger partial charge in [-0.15, -0.1) is 0 Å². The highest BCUT2D eigenvalue weighted by Crippen LogP contribution is 2.49. The molecule has 0 bridgehead atoms. The first-order valence-corrected chi connectivity index (χ1v) is 10.1. The summed E-state index contributed by atoms with van der Waals surface area (Å²) in [6.45, 7) is 2.74. The number of nitrogens with zero attached hydrogens (tertiary/aromatic N) is 6. The summed E-state index contributed by atoms with van der Waals surface area (Å²) in [6.07, 6.45) is 8.36. The third kappa shape index (κ3) is 2.77. The molecule has 0 N–H and O–H groups in total. The lowest BCUT2D eigenvalue weighted by molar-refractivity contribution is -0.133. The number of pyridine rings is 1. The van der Waals surface area contributed by atoms with Gasteiger partial charge in [-0.1, -0.05) is 0 Å². The van der Waals surface area contributed by atoms with Crippen LogP contribution in [0.2, 0.25) is 0 Å². The highest BCUT2D eigenvalue weighted by atomic mass is 16.2. The molecule has 5 rings (SSSR count).